The molecular weight excluding hydrogens is 442 g/mol. The average molecular weight is 458 g/mol. The minimum absolute atomic E-state index is 0.0726. The molecule has 4 rings (SSSR count). The van der Waals surface area contributed by atoms with Crippen molar-refractivity contribution in [3.63, 3.8) is 0 Å². The Morgan fingerprint density at radius 1 is 1.10 bits per heavy atom. The Balaban J connectivity index is 1.47. The van der Waals surface area contributed by atoms with Crippen LogP contribution >= 0.6 is 34.4 Å². The van der Waals surface area contributed by atoms with E-state index in [2.05, 4.69) is 15.8 Å². The molecule has 0 saturated carbocycles. The predicted octanol–water partition coefficient (Wildman–Crippen LogP) is 2.45. The highest BCUT2D eigenvalue weighted by molar-refractivity contribution is 7.99. The topological polar surface area (TPSA) is 119 Å². The molecule has 0 aliphatic carbocycles. The Kier molecular flexibility index (Phi) is 5.84. The molecule has 4 N–H and O–H groups in total. The minimum atomic E-state index is -0.449. The van der Waals surface area contributed by atoms with Gasteiger partial charge in [-0.2, -0.15) is 0 Å². The summed E-state index contributed by atoms with van der Waals surface area (Å²) >= 11 is 3.62. The summed E-state index contributed by atoms with van der Waals surface area (Å²) in [6.45, 7) is 0. The Morgan fingerprint density at radius 3 is 2.63 bits per heavy atom. The highest BCUT2D eigenvalue weighted by Crippen LogP contribution is 2.31. The maximum Gasteiger partial charge on any atom is 0.282 e. The van der Waals surface area contributed by atoms with E-state index in [9.17, 15) is 14.4 Å². The number of fused-ring (bicyclic) bond motifs is 1. The summed E-state index contributed by atoms with van der Waals surface area (Å²) in [6.07, 6.45) is 0. The molecule has 0 atom stereocenters. The molecule has 11 heteroatoms. The Morgan fingerprint density at radius 2 is 1.90 bits per heavy atom. The number of rotatable bonds is 5. The van der Waals surface area contributed by atoms with Crippen molar-refractivity contribution >= 4 is 56.5 Å². The van der Waals surface area contributed by atoms with E-state index in [4.69, 9.17) is 5.84 Å². The van der Waals surface area contributed by atoms with Crippen molar-refractivity contribution in [2.75, 3.05) is 11.6 Å². The van der Waals surface area contributed by atoms with Crippen molar-refractivity contribution in [2.45, 2.75) is 5.16 Å². The molecule has 0 bridgehead atoms. The fourth-order valence-corrected chi connectivity index (χ4v) is 5.00. The lowest BCUT2D eigenvalue weighted by molar-refractivity contribution is -0.119. The van der Waals surface area contributed by atoms with Gasteiger partial charge in [-0.15, -0.1) is 22.7 Å². The van der Waals surface area contributed by atoms with E-state index in [-0.39, 0.29) is 16.5 Å². The summed E-state index contributed by atoms with van der Waals surface area (Å²) in [7, 11) is 0. The van der Waals surface area contributed by atoms with E-state index in [1.54, 1.807) is 17.5 Å². The minimum Gasteiger partial charge on any atom is -0.334 e. The molecular formula is C19H15N5O3S3. The smallest absolute Gasteiger partial charge is 0.282 e. The lowest BCUT2D eigenvalue weighted by Gasteiger charge is -2.08. The lowest BCUT2D eigenvalue weighted by Crippen LogP contribution is -2.42. The molecule has 30 heavy (non-hydrogen) atoms. The van der Waals surface area contributed by atoms with Gasteiger partial charge in [0.05, 0.1) is 16.0 Å². The first-order valence-corrected chi connectivity index (χ1v) is 11.4. The van der Waals surface area contributed by atoms with E-state index >= 15 is 0 Å². The number of hydrogen-bond acceptors (Lipinski definition) is 8. The molecule has 152 valence electrons. The maximum atomic E-state index is 12.8. The Hall–Kier alpha value is -3.15. The lowest BCUT2D eigenvalue weighted by atomic mass is 10.1. The van der Waals surface area contributed by atoms with Crippen LogP contribution in [-0.4, -0.2) is 27.2 Å². The molecule has 2 amide bonds. The van der Waals surface area contributed by atoms with Crippen LogP contribution in [-0.2, 0) is 4.79 Å². The number of carbonyl (C=O) groups is 2. The fourth-order valence-electron chi connectivity index (χ4n) is 2.68. The van der Waals surface area contributed by atoms with Gasteiger partial charge in [0, 0.05) is 10.9 Å². The SMILES string of the molecule is Nn1c(SCC(=O)NNC(=O)c2cccs2)nc2scc(-c3ccccc3)c2c1=O. The number of thiophene rings is 2. The number of thioether (sulfide) groups is 1. The van der Waals surface area contributed by atoms with Gasteiger partial charge < -0.3 is 5.84 Å². The molecule has 3 aromatic heterocycles. The van der Waals surface area contributed by atoms with Gasteiger partial charge in [-0.05, 0) is 17.0 Å². The summed E-state index contributed by atoms with van der Waals surface area (Å²) in [4.78, 5) is 42.2. The first-order valence-electron chi connectivity index (χ1n) is 8.65. The predicted molar refractivity (Wildman–Crippen MR) is 120 cm³/mol. The number of nitrogens with one attached hydrogen (secondary N) is 2. The summed E-state index contributed by atoms with van der Waals surface area (Å²) in [6, 6.07) is 12.9. The molecule has 4 aromatic rings. The average Bonchev–Trinajstić information content (AvgIpc) is 3.44. The fraction of sp³-hybridized carbons (Fsp3) is 0.0526. The molecule has 0 fully saturated rings. The van der Waals surface area contributed by atoms with Crippen LogP contribution in [0.5, 0.6) is 0 Å². The van der Waals surface area contributed by atoms with Gasteiger partial charge in [-0.1, -0.05) is 48.2 Å². The third-order valence-corrected chi connectivity index (χ3v) is 6.78. The third kappa shape index (κ3) is 4.08. The zero-order chi connectivity index (χ0) is 21.1. The maximum absolute atomic E-state index is 12.8. The van der Waals surface area contributed by atoms with Gasteiger partial charge in [0.25, 0.3) is 11.5 Å². The molecule has 0 saturated heterocycles. The van der Waals surface area contributed by atoms with Gasteiger partial charge in [-0.3, -0.25) is 25.2 Å². The second-order valence-corrected chi connectivity index (χ2v) is 8.78. The van der Waals surface area contributed by atoms with Crippen LogP contribution in [0.25, 0.3) is 21.3 Å². The molecule has 0 aliphatic heterocycles. The molecule has 1 aromatic carbocycles. The number of nitrogens with two attached hydrogens (primary N) is 1. The molecule has 3 heterocycles. The molecule has 0 aliphatic rings. The number of aromatic nitrogens is 2. The summed E-state index contributed by atoms with van der Waals surface area (Å²) in [5, 5.41) is 4.30. The van der Waals surface area contributed by atoms with Crippen LogP contribution in [0.4, 0.5) is 0 Å². The number of amides is 2. The standard InChI is InChI=1S/C19H15N5O3S3/c20-24-18(27)15-12(11-5-2-1-3-6-11)9-29-17(15)21-19(24)30-10-14(25)22-23-16(26)13-7-4-8-28-13/h1-9H,10,20H2,(H,22,25)(H,23,26). The molecule has 0 radical (unpaired) electrons. The molecule has 0 unspecified atom stereocenters. The van der Waals surface area contributed by atoms with E-state index < -0.39 is 11.8 Å². The molecule has 0 spiro atoms. The summed E-state index contributed by atoms with van der Waals surface area (Å²) in [5.74, 6) is 5.03. The highest BCUT2D eigenvalue weighted by Gasteiger charge is 2.17. The normalized spacial score (nSPS) is 10.8. The van der Waals surface area contributed by atoms with Crippen LogP contribution < -0.4 is 22.3 Å². The van der Waals surface area contributed by atoms with E-state index in [1.165, 1.54) is 22.7 Å². The van der Waals surface area contributed by atoms with E-state index in [1.807, 2.05) is 35.7 Å². The third-order valence-electron chi connectivity index (χ3n) is 4.09. The van der Waals surface area contributed by atoms with Crippen LogP contribution in [0, 0.1) is 0 Å². The Labute approximate surface area is 182 Å². The number of hydrazine groups is 1. The number of benzene rings is 1. The van der Waals surface area contributed by atoms with Crippen molar-refractivity contribution in [1.82, 2.24) is 20.5 Å². The summed E-state index contributed by atoms with van der Waals surface area (Å²) < 4.78 is 0.948. The van der Waals surface area contributed by atoms with Gasteiger partial charge in [0.15, 0.2) is 5.16 Å². The van der Waals surface area contributed by atoms with Gasteiger partial charge in [0.1, 0.15) is 4.83 Å². The van der Waals surface area contributed by atoms with Crippen molar-refractivity contribution in [3.8, 4) is 11.1 Å². The van der Waals surface area contributed by atoms with E-state index in [0.29, 0.717) is 15.1 Å². The van der Waals surface area contributed by atoms with Crippen LogP contribution in [0.3, 0.4) is 0 Å². The quantitative estimate of drug-likeness (QED) is 0.183. The number of carbonyl (C=O) groups excluding carboxylic acids is 2. The Bertz CT molecular complexity index is 1270. The number of hydrogen-bond donors (Lipinski definition) is 3. The number of nitrogens with zero attached hydrogens (tertiary/aromatic N) is 2. The van der Waals surface area contributed by atoms with Crippen molar-refractivity contribution in [2.24, 2.45) is 0 Å². The van der Waals surface area contributed by atoms with Crippen molar-refractivity contribution < 1.29 is 9.59 Å². The van der Waals surface area contributed by atoms with Gasteiger partial charge in [-0.25, -0.2) is 9.66 Å². The second kappa shape index (κ2) is 8.69. The monoisotopic (exact) mass is 457 g/mol. The van der Waals surface area contributed by atoms with E-state index in [0.717, 1.165) is 27.6 Å². The number of nitrogen functional groups attached to an aromatic ring is 1. The highest BCUT2D eigenvalue weighted by atomic mass is 32.2. The zero-order valence-electron chi connectivity index (χ0n) is 15.3. The largest absolute Gasteiger partial charge is 0.334 e. The van der Waals surface area contributed by atoms with Crippen LogP contribution in [0.15, 0.2) is 63.2 Å². The molecule has 8 nitrogen and oxygen atoms in total. The zero-order valence-corrected chi connectivity index (χ0v) is 17.8. The first kappa shape index (κ1) is 20.1. The second-order valence-electron chi connectivity index (χ2n) is 6.03. The van der Waals surface area contributed by atoms with Gasteiger partial charge >= 0.3 is 0 Å². The van der Waals surface area contributed by atoms with Crippen LogP contribution in [0.1, 0.15) is 9.67 Å². The van der Waals surface area contributed by atoms with Crippen LogP contribution in [0.2, 0.25) is 0 Å². The first-order chi connectivity index (χ1) is 14.5. The van der Waals surface area contributed by atoms with Crippen molar-refractivity contribution in [1.29, 1.82) is 0 Å². The van der Waals surface area contributed by atoms with Crippen molar-refractivity contribution in [3.05, 3.63) is 68.5 Å². The van der Waals surface area contributed by atoms with Gasteiger partial charge in [0.2, 0.25) is 5.91 Å². The summed E-state index contributed by atoms with van der Waals surface area (Å²) in [5.41, 5.74) is 5.97.